The Morgan fingerprint density at radius 2 is 1.73 bits per heavy atom. The fourth-order valence-corrected chi connectivity index (χ4v) is 3.43. The lowest BCUT2D eigenvalue weighted by atomic mass is 10.0. The molecule has 140 valence electrons. The van der Waals surface area contributed by atoms with Crippen LogP contribution in [0.5, 0.6) is 0 Å². The van der Waals surface area contributed by atoms with E-state index in [0.29, 0.717) is 23.4 Å². The molecule has 2 aromatic carbocycles. The number of hydrogen-bond acceptors (Lipinski definition) is 3. The Kier molecular flexibility index (Phi) is 6.42. The third-order valence-corrected chi connectivity index (χ3v) is 4.87. The molecule has 2 aromatic rings. The summed E-state index contributed by atoms with van der Waals surface area (Å²) in [6, 6.07) is 11.3. The summed E-state index contributed by atoms with van der Waals surface area (Å²) in [5.41, 5.74) is 5.29. The van der Waals surface area contributed by atoms with Gasteiger partial charge in [0.1, 0.15) is 0 Å². The average Bonchev–Trinajstić information content (AvgIpc) is 2.59. The zero-order valence-corrected chi connectivity index (χ0v) is 16.5. The molecule has 2 rings (SSSR count). The SMILES string of the molecule is CCc1ccc(CC)c(CNC(=O)c2ccc(NS(C)(=O)=O)c(C)c2)c1. The number of hydrogen-bond donors (Lipinski definition) is 2. The van der Waals surface area contributed by atoms with Crippen molar-refractivity contribution in [3.8, 4) is 0 Å². The van der Waals surface area contributed by atoms with E-state index in [-0.39, 0.29) is 5.91 Å². The number of carbonyl (C=O) groups is 1. The lowest BCUT2D eigenvalue weighted by molar-refractivity contribution is 0.0950. The molecule has 0 fully saturated rings. The number of carbonyl (C=O) groups excluding carboxylic acids is 1. The van der Waals surface area contributed by atoms with Gasteiger partial charge in [0.25, 0.3) is 5.91 Å². The van der Waals surface area contributed by atoms with Crippen molar-refractivity contribution in [1.29, 1.82) is 0 Å². The third-order valence-electron chi connectivity index (χ3n) is 4.28. The number of amides is 1. The lowest BCUT2D eigenvalue weighted by Gasteiger charge is -2.13. The Morgan fingerprint density at radius 1 is 1.00 bits per heavy atom. The van der Waals surface area contributed by atoms with Crippen LogP contribution in [0.2, 0.25) is 0 Å². The van der Waals surface area contributed by atoms with Gasteiger partial charge in [-0.3, -0.25) is 9.52 Å². The van der Waals surface area contributed by atoms with Crippen LogP contribution in [0.3, 0.4) is 0 Å². The molecule has 0 heterocycles. The number of benzene rings is 2. The van der Waals surface area contributed by atoms with Crippen molar-refractivity contribution < 1.29 is 13.2 Å². The fraction of sp³-hybridized carbons (Fsp3) is 0.350. The molecule has 6 heteroatoms. The zero-order valence-electron chi connectivity index (χ0n) is 15.7. The largest absolute Gasteiger partial charge is 0.348 e. The van der Waals surface area contributed by atoms with Gasteiger partial charge in [0.15, 0.2) is 0 Å². The summed E-state index contributed by atoms with van der Waals surface area (Å²) >= 11 is 0. The quantitative estimate of drug-likeness (QED) is 0.780. The molecule has 0 aliphatic heterocycles. The molecule has 0 aromatic heterocycles. The van der Waals surface area contributed by atoms with Crippen molar-refractivity contribution in [3.05, 3.63) is 64.2 Å². The van der Waals surface area contributed by atoms with E-state index in [4.69, 9.17) is 0 Å². The van der Waals surface area contributed by atoms with E-state index in [2.05, 4.69) is 42.1 Å². The number of rotatable bonds is 7. The highest BCUT2D eigenvalue weighted by Gasteiger charge is 2.11. The van der Waals surface area contributed by atoms with Gasteiger partial charge in [0.2, 0.25) is 10.0 Å². The van der Waals surface area contributed by atoms with Crippen molar-refractivity contribution in [2.75, 3.05) is 11.0 Å². The summed E-state index contributed by atoms with van der Waals surface area (Å²) in [6.45, 7) is 6.45. The Balaban J connectivity index is 2.12. The molecule has 0 saturated heterocycles. The smallest absolute Gasteiger partial charge is 0.251 e. The van der Waals surface area contributed by atoms with E-state index in [1.807, 2.05) is 0 Å². The number of aryl methyl sites for hydroxylation is 3. The molecule has 0 aliphatic carbocycles. The zero-order chi connectivity index (χ0) is 19.3. The van der Waals surface area contributed by atoms with Gasteiger partial charge < -0.3 is 5.32 Å². The second-order valence-corrected chi connectivity index (χ2v) is 8.15. The van der Waals surface area contributed by atoms with Crippen LogP contribution < -0.4 is 10.0 Å². The highest BCUT2D eigenvalue weighted by molar-refractivity contribution is 7.92. The molecule has 0 saturated carbocycles. The van der Waals surface area contributed by atoms with Crippen molar-refractivity contribution in [3.63, 3.8) is 0 Å². The Hall–Kier alpha value is -2.34. The summed E-state index contributed by atoms with van der Waals surface area (Å²) in [6.07, 6.45) is 2.97. The first-order valence-electron chi connectivity index (χ1n) is 8.70. The second-order valence-electron chi connectivity index (χ2n) is 6.40. The topological polar surface area (TPSA) is 75.3 Å². The maximum absolute atomic E-state index is 12.5. The van der Waals surface area contributed by atoms with Gasteiger partial charge in [-0.15, -0.1) is 0 Å². The summed E-state index contributed by atoms with van der Waals surface area (Å²) in [5, 5.41) is 2.96. The minimum Gasteiger partial charge on any atom is -0.348 e. The van der Waals surface area contributed by atoms with Crippen LogP contribution >= 0.6 is 0 Å². The van der Waals surface area contributed by atoms with E-state index >= 15 is 0 Å². The maximum atomic E-state index is 12.5. The van der Waals surface area contributed by atoms with E-state index in [1.54, 1.807) is 25.1 Å². The Bertz CT molecular complexity index is 905. The molecule has 0 bridgehead atoms. The number of sulfonamides is 1. The molecule has 26 heavy (non-hydrogen) atoms. The van der Waals surface area contributed by atoms with Gasteiger partial charge in [-0.05, 0) is 60.2 Å². The first kappa shape index (κ1) is 20.0. The first-order chi connectivity index (χ1) is 12.2. The van der Waals surface area contributed by atoms with E-state index in [0.717, 1.165) is 24.7 Å². The Morgan fingerprint density at radius 3 is 2.31 bits per heavy atom. The highest BCUT2D eigenvalue weighted by atomic mass is 32.2. The van der Waals surface area contributed by atoms with Crippen LogP contribution in [0.25, 0.3) is 0 Å². The van der Waals surface area contributed by atoms with Crippen LogP contribution in [0.4, 0.5) is 5.69 Å². The molecule has 0 unspecified atom stereocenters. The molecular weight excluding hydrogens is 348 g/mol. The molecule has 1 amide bonds. The lowest BCUT2D eigenvalue weighted by Crippen LogP contribution is -2.23. The standard InChI is InChI=1S/C20H26N2O3S/c1-5-15-7-8-16(6-2)18(12-15)13-21-20(23)17-9-10-19(14(3)11-17)22-26(4,24)25/h7-12,22H,5-6,13H2,1-4H3,(H,21,23). The van der Waals surface area contributed by atoms with Crippen LogP contribution in [-0.4, -0.2) is 20.6 Å². The van der Waals surface area contributed by atoms with Crippen LogP contribution in [0.15, 0.2) is 36.4 Å². The van der Waals surface area contributed by atoms with Crippen molar-refractivity contribution in [2.24, 2.45) is 0 Å². The van der Waals surface area contributed by atoms with Crippen molar-refractivity contribution in [2.45, 2.75) is 40.2 Å². The van der Waals surface area contributed by atoms with E-state index in [9.17, 15) is 13.2 Å². The molecule has 0 aliphatic rings. The van der Waals surface area contributed by atoms with Gasteiger partial charge in [-0.1, -0.05) is 32.0 Å². The number of anilines is 1. The summed E-state index contributed by atoms with van der Waals surface area (Å²) in [4.78, 5) is 12.5. The summed E-state index contributed by atoms with van der Waals surface area (Å²) in [7, 11) is -3.34. The maximum Gasteiger partial charge on any atom is 0.251 e. The fourth-order valence-electron chi connectivity index (χ4n) is 2.81. The van der Waals surface area contributed by atoms with E-state index in [1.165, 1.54) is 11.1 Å². The second kappa shape index (κ2) is 8.36. The van der Waals surface area contributed by atoms with Gasteiger partial charge in [-0.2, -0.15) is 0 Å². The molecular formula is C20H26N2O3S. The molecule has 2 N–H and O–H groups in total. The third kappa shape index (κ3) is 5.33. The van der Waals surface area contributed by atoms with Crippen LogP contribution in [0.1, 0.15) is 46.5 Å². The summed E-state index contributed by atoms with van der Waals surface area (Å²) < 4.78 is 25.1. The van der Waals surface area contributed by atoms with Gasteiger partial charge >= 0.3 is 0 Å². The minimum atomic E-state index is -3.34. The van der Waals surface area contributed by atoms with Gasteiger partial charge in [-0.25, -0.2) is 8.42 Å². The molecule has 0 atom stereocenters. The van der Waals surface area contributed by atoms with Gasteiger partial charge in [0, 0.05) is 12.1 Å². The minimum absolute atomic E-state index is 0.178. The van der Waals surface area contributed by atoms with Crippen LogP contribution in [0, 0.1) is 6.92 Å². The van der Waals surface area contributed by atoms with Gasteiger partial charge in [0.05, 0.1) is 11.9 Å². The normalized spacial score (nSPS) is 11.2. The van der Waals surface area contributed by atoms with Crippen molar-refractivity contribution in [1.82, 2.24) is 5.32 Å². The first-order valence-corrected chi connectivity index (χ1v) is 10.6. The molecule has 0 radical (unpaired) electrons. The average molecular weight is 375 g/mol. The van der Waals surface area contributed by atoms with Crippen LogP contribution in [-0.2, 0) is 29.4 Å². The number of nitrogens with one attached hydrogen (secondary N) is 2. The Labute approximate surface area is 155 Å². The monoisotopic (exact) mass is 374 g/mol. The van der Waals surface area contributed by atoms with Crippen molar-refractivity contribution >= 4 is 21.6 Å². The van der Waals surface area contributed by atoms with E-state index < -0.39 is 10.0 Å². The highest BCUT2D eigenvalue weighted by Crippen LogP contribution is 2.18. The summed E-state index contributed by atoms with van der Waals surface area (Å²) in [5.74, 6) is -0.178. The predicted molar refractivity (Wildman–Crippen MR) is 106 cm³/mol. The molecule has 0 spiro atoms. The molecule has 5 nitrogen and oxygen atoms in total. The predicted octanol–water partition coefficient (Wildman–Crippen LogP) is 3.42.